The van der Waals surface area contributed by atoms with Gasteiger partial charge in [0, 0.05) is 5.57 Å². The molecule has 13 heavy (non-hydrogen) atoms. The van der Waals surface area contributed by atoms with Crippen molar-refractivity contribution in [3.05, 3.63) is 11.6 Å². The van der Waals surface area contributed by atoms with Gasteiger partial charge in [0.1, 0.15) is 0 Å². The van der Waals surface area contributed by atoms with Crippen LogP contribution in [-0.2, 0) is 9.59 Å². The van der Waals surface area contributed by atoms with Crippen LogP contribution in [0.15, 0.2) is 11.6 Å². The van der Waals surface area contributed by atoms with Gasteiger partial charge in [0.25, 0.3) is 0 Å². The number of carbonyl (C=O) groups is 2. The quantitative estimate of drug-likeness (QED) is 0.664. The second-order valence-electron chi connectivity index (χ2n) is 3.77. The number of fused-ring (bicyclic) bond motifs is 1. The van der Waals surface area contributed by atoms with Crippen LogP contribution >= 0.6 is 0 Å². The van der Waals surface area contributed by atoms with Crippen LogP contribution in [0.3, 0.4) is 0 Å². The molecule has 0 aromatic heterocycles. The Morgan fingerprint density at radius 1 is 1.46 bits per heavy atom. The van der Waals surface area contributed by atoms with Crippen molar-refractivity contribution < 1.29 is 19.8 Å². The number of aliphatic carboxylic acids is 2. The summed E-state index contributed by atoms with van der Waals surface area (Å²) in [6.07, 6.45) is 3.09. The van der Waals surface area contributed by atoms with Crippen LogP contribution in [0.25, 0.3) is 0 Å². The van der Waals surface area contributed by atoms with Gasteiger partial charge in [-0.15, -0.1) is 0 Å². The van der Waals surface area contributed by atoms with E-state index in [1.165, 1.54) is 0 Å². The predicted molar refractivity (Wildman–Crippen MR) is 43.1 cm³/mol. The maximum Gasteiger partial charge on any atom is 0.331 e. The highest BCUT2D eigenvalue weighted by atomic mass is 16.4. The summed E-state index contributed by atoms with van der Waals surface area (Å²) < 4.78 is 0. The van der Waals surface area contributed by atoms with E-state index in [1.54, 1.807) is 6.08 Å². The fraction of sp³-hybridized carbons (Fsp3) is 0.556. The van der Waals surface area contributed by atoms with Crippen LogP contribution in [0.5, 0.6) is 0 Å². The molecule has 2 unspecified atom stereocenters. The lowest BCUT2D eigenvalue weighted by molar-refractivity contribution is -0.144. The minimum atomic E-state index is -0.911. The average Bonchev–Trinajstić information content (AvgIpc) is 2.77. The molecule has 2 rings (SSSR count). The first kappa shape index (κ1) is 8.29. The number of carboxylic acids is 2. The number of allylic oxidation sites excluding steroid dienone is 1. The number of carboxylic acid groups (broad SMARTS) is 2. The molecular formula is C9H10O4. The van der Waals surface area contributed by atoms with Gasteiger partial charge in [-0.1, -0.05) is 6.08 Å². The second-order valence-corrected chi connectivity index (χ2v) is 3.77. The van der Waals surface area contributed by atoms with Gasteiger partial charge in [-0.05, 0) is 25.2 Å². The van der Waals surface area contributed by atoms with E-state index in [9.17, 15) is 9.59 Å². The molecule has 2 atom stereocenters. The van der Waals surface area contributed by atoms with Gasteiger partial charge in [-0.2, -0.15) is 0 Å². The number of hydrogen-bond acceptors (Lipinski definition) is 2. The van der Waals surface area contributed by atoms with E-state index in [4.69, 9.17) is 10.2 Å². The lowest BCUT2D eigenvalue weighted by Crippen LogP contribution is -2.21. The Kier molecular flexibility index (Phi) is 1.49. The highest BCUT2D eigenvalue weighted by molar-refractivity contribution is 5.89. The van der Waals surface area contributed by atoms with E-state index in [-0.39, 0.29) is 5.92 Å². The topological polar surface area (TPSA) is 74.6 Å². The summed E-state index contributed by atoms with van der Waals surface area (Å²) >= 11 is 0. The summed E-state index contributed by atoms with van der Waals surface area (Å²) in [6.45, 7) is 0. The van der Waals surface area contributed by atoms with Crippen molar-refractivity contribution in [2.24, 2.45) is 11.3 Å². The van der Waals surface area contributed by atoms with E-state index in [1.807, 2.05) is 0 Å². The highest BCUT2D eigenvalue weighted by Gasteiger charge is 2.60. The van der Waals surface area contributed by atoms with Crippen molar-refractivity contribution in [3.63, 3.8) is 0 Å². The molecule has 2 N–H and O–H groups in total. The molecule has 0 aromatic carbocycles. The van der Waals surface area contributed by atoms with E-state index in [2.05, 4.69) is 0 Å². The van der Waals surface area contributed by atoms with Crippen LogP contribution in [0.2, 0.25) is 0 Å². The normalized spacial score (nSPS) is 36.0. The van der Waals surface area contributed by atoms with Crippen molar-refractivity contribution in [1.82, 2.24) is 0 Å². The number of hydrogen-bond donors (Lipinski definition) is 2. The van der Waals surface area contributed by atoms with Crippen LogP contribution in [0.4, 0.5) is 0 Å². The van der Waals surface area contributed by atoms with Gasteiger partial charge in [0.15, 0.2) is 0 Å². The zero-order valence-electron chi connectivity index (χ0n) is 6.99. The summed E-state index contributed by atoms with van der Waals surface area (Å²) in [5.74, 6) is -1.73. The van der Waals surface area contributed by atoms with Gasteiger partial charge in [0.05, 0.1) is 5.41 Å². The fourth-order valence-electron chi connectivity index (χ4n) is 2.05. The number of rotatable bonds is 2. The summed E-state index contributed by atoms with van der Waals surface area (Å²) in [4.78, 5) is 21.4. The lowest BCUT2D eigenvalue weighted by atomic mass is 9.89. The summed E-state index contributed by atoms with van der Waals surface area (Å²) in [5.41, 5.74) is -0.238. The molecule has 4 nitrogen and oxygen atoms in total. The van der Waals surface area contributed by atoms with Crippen LogP contribution in [0.1, 0.15) is 19.3 Å². The third-order valence-electron chi connectivity index (χ3n) is 3.08. The van der Waals surface area contributed by atoms with Gasteiger partial charge in [-0.3, -0.25) is 4.79 Å². The molecule has 1 fully saturated rings. The Morgan fingerprint density at radius 3 is 2.62 bits per heavy atom. The molecule has 0 aliphatic heterocycles. The minimum absolute atomic E-state index is 0.0372. The molecule has 70 valence electrons. The Morgan fingerprint density at radius 2 is 2.15 bits per heavy atom. The lowest BCUT2D eigenvalue weighted by Gasteiger charge is -2.15. The third kappa shape index (κ3) is 1.05. The molecular weight excluding hydrogens is 172 g/mol. The molecule has 0 saturated heterocycles. The molecule has 0 bridgehead atoms. The molecule has 0 heterocycles. The van der Waals surface area contributed by atoms with Crippen molar-refractivity contribution in [3.8, 4) is 0 Å². The largest absolute Gasteiger partial charge is 0.481 e. The van der Waals surface area contributed by atoms with Crippen molar-refractivity contribution >= 4 is 11.9 Å². The van der Waals surface area contributed by atoms with E-state index in [0.717, 1.165) is 0 Å². The molecule has 0 aromatic rings. The Hall–Kier alpha value is -1.32. The van der Waals surface area contributed by atoms with Crippen LogP contribution in [0, 0.1) is 11.3 Å². The van der Waals surface area contributed by atoms with Crippen molar-refractivity contribution in [2.45, 2.75) is 19.3 Å². The molecule has 2 aliphatic rings. The maximum absolute atomic E-state index is 10.8. The minimum Gasteiger partial charge on any atom is -0.481 e. The molecule has 0 amide bonds. The summed E-state index contributed by atoms with van der Waals surface area (Å²) in [7, 11) is 0. The molecule has 1 saturated carbocycles. The smallest absolute Gasteiger partial charge is 0.331 e. The predicted octanol–water partition coefficient (Wildman–Crippen LogP) is 0.882. The van der Waals surface area contributed by atoms with Crippen LogP contribution < -0.4 is 0 Å². The Balaban J connectivity index is 2.19. The molecule has 0 spiro atoms. The summed E-state index contributed by atoms with van der Waals surface area (Å²) in [5, 5.41) is 17.6. The fourth-order valence-corrected chi connectivity index (χ4v) is 2.05. The first-order chi connectivity index (χ1) is 6.06. The standard InChI is InChI=1S/C9H10O4/c10-7(11)5-1-2-9(8(12)13)4-6(9)3-5/h3,6H,1-2,4H2,(H,10,11)(H,12,13). The highest BCUT2D eigenvalue weighted by Crippen LogP contribution is 2.60. The zero-order valence-corrected chi connectivity index (χ0v) is 6.99. The van der Waals surface area contributed by atoms with Crippen molar-refractivity contribution in [1.29, 1.82) is 0 Å². The zero-order chi connectivity index (χ0) is 9.64. The summed E-state index contributed by atoms with van der Waals surface area (Å²) in [6, 6.07) is 0. The van der Waals surface area contributed by atoms with Crippen LogP contribution in [-0.4, -0.2) is 22.2 Å². The first-order valence-electron chi connectivity index (χ1n) is 4.24. The van der Waals surface area contributed by atoms with Gasteiger partial charge < -0.3 is 10.2 Å². The molecule has 2 aliphatic carbocycles. The van der Waals surface area contributed by atoms with Gasteiger partial charge in [0.2, 0.25) is 0 Å². The van der Waals surface area contributed by atoms with E-state index >= 15 is 0 Å². The Labute approximate surface area is 74.9 Å². The Bertz CT molecular complexity index is 318. The molecule has 4 heteroatoms. The maximum atomic E-state index is 10.8. The molecule has 0 radical (unpaired) electrons. The van der Waals surface area contributed by atoms with E-state index in [0.29, 0.717) is 24.8 Å². The van der Waals surface area contributed by atoms with Crippen molar-refractivity contribution in [2.75, 3.05) is 0 Å². The van der Waals surface area contributed by atoms with Gasteiger partial charge >= 0.3 is 11.9 Å². The second kappa shape index (κ2) is 2.34. The average molecular weight is 182 g/mol. The first-order valence-corrected chi connectivity index (χ1v) is 4.24. The van der Waals surface area contributed by atoms with Gasteiger partial charge in [-0.25, -0.2) is 4.79 Å². The third-order valence-corrected chi connectivity index (χ3v) is 3.08. The van der Waals surface area contributed by atoms with E-state index < -0.39 is 17.4 Å². The monoisotopic (exact) mass is 182 g/mol. The SMILES string of the molecule is O=C(O)C1=CC2CC2(C(=O)O)CC1.